The summed E-state index contributed by atoms with van der Waals surface area (Å²) in [5.41, 5.74) is -1.02. The van der Waals surface area contributed by atoms with Crippen LogP contribution in [-0.4, -0.2) is 27.3 Å². The molecule has 0 unspecified atom stereocenters. The number of hydrogen-bond acceptors (Lipinski definition) is 4. The predicted octanol–water partition coefficient (Wildman–Crippen LogP) is 2.77. The number of ether oxygens (including phenoxy) is 1. The van der Waals surface area contributed by atoms with E-state index in [-0.39, 0.29) is 12.3 Å². The van der Waals surface area contributed by atoms with Gasteiger partial charge in [-0.2, -0.15) is 18.3 Å². The quantitative estimate of drug-likeness (QED) is 0.818. The van der Waals surface area contributed by atoms with Crippen molar-refractivity contribution >= 4 is 5.97 Å². The van der Waals surface area contributed by atoms with Crippen molar-refractivity contribution in [2.45, 2.75) is 20.0 Å². The molecule has 0 N–H and O–H groups in total. The molecule has 0 saturated heterocycles. The smallest absolute Gasteiger partial charge is 0.434 e. The molecule has 0 aliphatic rings. The molecule has 0 aromatic carbocycles. The molecule has 0 aliphatic heterocycles. The van der Waals surface area contributed by atoms with Crippen LogP contribution in [0.3, 0.4) is 0 Å². The van der Waals surface area contributed by atoms with Crippen molar-refractivity contribution in [1.29, 1.82) is 0 Å². The first kappa shape index (κ1) is 15.0. The molecule has 0 spiro atoms. The summed E-state index contributed by atoms with van der Waals surface area (Å²) in [5, 5.41) is 3.64. The molecule has 0 saturated carbocycles. The van der Waals surface area contributed by atoms with E-state index in [9.17, 15) is 18.0 Å². The Morgan fingerprint density at radius 2 is 2.05 bits per heavy atom. The third-order valence-electron chi connectivity index (χ3n) is 2.67. The van der Waals surface area contributed by atoms with Gasteiger partial charge in [-0.3, -0.25) is 4.98 Å². The van der Waals surface area contributed by atoms with E-state index in [1.165, 1.54) is 19.2 Å². The molecule has 8 heteroatoms. The van der Waals surface area contributed by atoms with Crippen LogP contribution in [0.15, 0.2) is 24.5 Å². The van der Waals surface area contributed by atoms with Crippen molar-refractivity contribution < 1.29 is 22.7 Å². The summed E-state index contributed by atoms with van der Waals surface area (Å²) in [4.78, 5) is 15.5. The fraction of sp³-hybridized carbons (Fsp3) is 0.308. The number of hydrogen-bond donors (Lipinski definition) is 0. The van der Waals surface area contributed by atoms with Gasteiger partial charge in [-0.1, -0.05) is 0 Å². The van der Waals surface area contributed by atoms with Crippen molar-refractivity contribution in [2.24, 2.45) is 0 Å². The van der Waals surface area contributed by atoms with Crippen LogP contribution >= 0.6 is 0 Å². The van der Waals surface area contributed by atoms with Gasteiger partial charge in [0.25, 0.3) is 0 Å². The van der Waals surface area contributed by atoms with Crippen molar-refractivity contribution in [1.82, 2.24) is 14.8 Å². The van der Waals surface area contributed by atoms with E-state index < -0.39 is 23.4 Å². The fourth-order valence-corrected chi connectivity index (χ4v) is 1.76. The summed E-state index contributed by atoms with van der Waals surface area (Å²) < 4.78 is 44.9. The molecular formula is C13H12F3N3O2. The first-order valence-corrected chi connectivity index (χ1v) is 6.10. The van der Waals surface area contributed by atoms with Gasteiger partial charge in [0.2, 0.25) is 0 Å². The first-order valence-electron chi connectivity index (χ1n) is 6.10. The minimum absolute atomic E-state index is 0.0204. The number of alkyl halides is 3. The SMILES string of the molecule is CCOC(=O)c1cnn(-c2ccc(C)nc2)c1C(F)(F)F. The van der Waals surface area contributed by atoms with E-state index in [0.29, 0.717) is 10.4 Å². The maximum absolute atomic E-state index is 13.2. The maximum atomic E-state index is 13.2. The van der Waals surface area contributed by atoms with Crippen LogP contribution in [0.1, 0.15) is 28.7 Å². The standard InChI is InChI=1S/C13H12F3N3O2/c1-3-21-12(20)10-7-18-19(11(10)13(14,15)16)9-5-4-8(2)17-6-9/h4-7H,3H2,1-2H3. The van der Waals surface area contributed by atoms with Crippen LogP contribution in [0.4, 0.5) is 13.2 Å². The molecule has 2 aromatic rings. The number of carbonyl (C=O) groups excluding carboxylic acids is 1. The van der Waals surface area contributed by atoms with Crippen LogP contribution in [0.2, 0.25) is 0 Å². The summed E-state index contributed by atoms with van der Waals surface area (Å²) >= 11 is 0. The molecule has 2 heterocycles. The molecule has 0 amide bonds. The highest BCUT2D eigenvalue weighted by molar-refractivity contribution is 5.90. The Labute approximate surface area is 118 Å². The van der Waals surface area contributed by atoms with Crippen LogP contribution in [0, 0.1) is 6.92 Å². The van der Waals surface area contributed by atoms with E-state index >= 15 is 0 Å². The number of rotatable bonds is 3. The zero-order chi connectivity index (χ0) is 15.6. The minimum atomic E-state index is -4.75. The molecule has 2 aromatic heterocycles. The minimum Gasteiger partial charge on any atom is -0.462 e. The lowest BCUT2D eigenvalue weighted by Gasteiger charge is -2.12. The molecule has 5 nitrogen and oxygen atoms in total. The molecule has 0 aliphatic carbocycles. The second-order valence-electron chi connectivity index (χ2n) is 4.19. The molecule has 0 radical (unpaired) electrons. The summed E-state index contributed by atoms with van der Waals surface area (Å²) in [6.07, 6.45) is -2.64. The molecule has 0 bridgehead atoms. The van der Waals surface area contributed by atoms with Crippen LogP contribution < -0.4 is 0 Å². The van der Waals surface area contributed by atoms with Gasteiger partial charge in [0.05, 0.1) is 24.7 Å². The van der Waals surface area contributed by atoms with Crippen molar-refractivity contribution in [3.63, 3.8) is 0 Å². The van der Waals surface area contributed by atoms with E-state index in [2.05, 4.69) is 14.8 Å². The Morgan fingerprint density at radius 1 is 1.33 bits per heavy atom. The summed E-state index contributed by atoms with van der Waals surface area (Å²) in [6, 6.07) is 3.00. The van der Waals surface area contributed by atoms with Crippen LogP contribution in [-0.2, 0) is 10.9 Å². The highest BCUT2D eigenvalue weighted by Crippen LogP contribution is 2.33. The van der Waals surface area contributed by atoms with Crippen molar-refractivity contribution in [2.75, 3.05) is 6.61 Å². The molecular weight excluding hydrogens is 287 g/mol. The third kappa shape index (κ3) is 3.04. The Morgan fingerprint density at radius 3 is 2.57 bits per heavy atom. The number of aryl methyl sites for hydroxylation is 1. The van der Waals surface area contributed by atoms with Crippen LogP contribution in [0.5, 0.6) is 0 Å². The van der Waals surface area contributed by atoms with Gasteiger partial charge in [0, 0.05) is 5.69 Å². The Kier molecular flexibility index (Phi) is 3.97. The van der Waals surface area contributed by atoms with Gasteiger partial charge in [0.15, 0.2) is 5.69 Å². The average Bonchev–Trinajstić information content (AvgIpc) is 2.84. The lowest BCUT2D eigenvalue weighted by Crippen LogP contribution is -2.18. The zero-order valence-electron chi connectivity index (χ0n) is 11.3. The highest BCUT2D eigenvalue weighted by atomic mass is 19.4. The number of nitrogens with zero attached hydrogens (tertiary/aromatic N) is 3. The Hall–Kier alpha value is -2.38. The third-order valence-corrected chi connectivity index (χ3v) is 2.67. The van der Waals surface area contributed by atoms with E-state index in [0.717, 1.165) is 6.20 Å². The van der Waals surface area contributed by atoms with E-state index in [4.69, 9.17) is 0 Å². The lowest BCUT2D eigenvalue weighted by atomic mass is 10.2. The van der Waals surface area contributed by atoms with Crippen molar-refractivity contribution in [3.05, 3.63) is 41.5 Å². The van der Waals surface area contributed by atoms with Gasteiger partial charge in [-0.05, 0) is 26.0 Å². The lowest BCUT2D eigenvalue weighted by molar-refractivity contribution is -0.143. The number of carbonyl (C=O) groups is 1. The summed E-state index contributed by atoms with van der Waals surface area (Å²) in [5.74, 6) is -1.06. The average molecular weight is 299 g/mol. The highest BCUT2D eigenvalue weighted by Gasteiger charge is 2.41. The van der Waals surface area contributed by atoms with Gasteiger partial charge in [-0.25, -0.2) is 9.48 Å². The topological polar surface area (TPSA) is 57.0 Å². The number of aromatic nitrogens is 3. The number of esters is 1. The van der Waals surface area contributed by atoms with Crippen LogP contribution in [0.25, 0.3) is 5.69 Å². The second kappa shape index (κ2) is 5.55. The Balaban J connectivity index is 2.57. The van der Waals surface area contributed by atoms with Gasteiger partial charge >= 0.3 is 12.1 Å². The maximum Gasteiger partial charge on any atom is 0.434 e. The summed E-state index contributed by atoms with van der Waals surface area (Å²) in [7, 11) is 0. The molecule has 2 rings (SSSR count). The Bertz CT molecular complexity index is 648. The van der Waals surface area contributed by atoms with Gasteiger partial charge in [-0.15, -0.1) is 0 Å². The monoisotopic (exact) mass is 299 g/mol. The predicted molar refractivity (Wildman–Crippen MR) is 67.1 cm³/mol. The first-order chi connectivity index (χ1) is 9.84. The molecule has 21 heavy (non-hydrogen) atoms. The molecule has 0 fully saturated rings. The molecule has 0 atom stereocenters. The zero-order valence-corrected chi connectivity index (χ0v) is 11.3. The van der Waals surface area contributed by atoms with Crippen molar-refractivity contribution in [3.8, 4) is 5.69 Å². The second-order valence-corrected chi connectivity index (χ2v) is 4.19. The van der Waals surface area contributed by atoms with E-state index in [1.54, 1.807) is 13.0 Å². The number of halogens is 3. The number of pyridine rings is 1. The fourth-order valence-electron chi connectivity index (χ4n) is 1.76. The normalized spacial score (nSPS) is 11.5. The van der Waals surface area contributed by atoms with Gasteiger partial charge < -0.3 is 4.74 Å². The largest absolute Gasteiger partial charge is 0.462 e. The van der Waals surface area contributed by atoms with Gasteiger partial charge in [0.1, 0.15) is 5.56 Å². The summed E-state index contributed by atoms with van der Waals surface area (Å²) in [6.45, 7) is 3.20. The molecule has 112 valence electrons. The van der Waals surface area contributed by atoms with E-state index in [1.807, 2.05) is 0 Å².